The molecular weight excluding hydrogens is 304 g/mol. The number of piperidine rings is 1. The first-order valence-corrected chi connectivity index (χ1v) is 8.63. The number of hydrogen-bond acceptors (Lipinski definition) is 4. The molecule has 2 aliphatic heterocycles. The van der Waals surface area contributed by atoms with Crippen molar-refractivity contribution in [3.05, 3.63) is 17.0 Å². The van der Waals surface area contributed by atoms with Crippen molar-refractivity contribution in [2.24, 2.45) is 5.92 Å². The third-order valence-corrected chi connectivity index (χ3v) is 7.26. The van der Waals surface area contributed by atoms with Gasteiger partial charge in [-0.05, 0) is 44.4 Å². The average molecular weight is 323 g/mol. The molecule has 1 aromatic rings. The van der Waals surface area contributed by atoms with E-state index in [2.05, 4.69) is 5.32 Å². The van der Waals surface area contributed by atoms with Crippen molar-refractivity contribution in [2.75, 3.05) is 19.6 Å². The van der Waals surface area contributed by atoms with Crippen molar-refractivity contribution in [1.29, 1.82) is 0 Å². The van der Waals surface area contributed by atoms with Crippen LogP contribution >= 0.6 is 23.7 Å². The summed E-state index contributed by atoms with van der Waals surface area (Å²) in [7, 11) is -3.26. The number of nitrogens with one attached hydrogen (secondary N) is 1. The van der Waals surface area contributed by atoms with Gasteiger partial charge in [0.15, 0.2) is 0 Å². The van der Waals surface area contributed by atoms with E-state index in [1.807, 2.05) is 13.0 Å². The summed E-state index contributed by atoms with van der Waals surface area (Å²) in [6.45, 7) is 4.29. The maximum atomic E-state index is 12.5. The second-order valence-corrected chi connectivity index (χ2v) is 8.58. The number of thiophene rings is 1. The van der Waals surface area contributed by atoms with Gasteiger partial charge < -0.3 is 5.32 Å². The van der Waals surface area contributed by atoms with Crippen LogP contribution in [0.25, 0.3) is 0 Å². The molecule has 0 radical (unpaired) electrons. The summed E-state index contributed by atoms with van der Waals surface area (Å²) in [5.41, 5.74) is 0. The van der Waals surface area contributed by atoms with E-state index in [0.29, 0.717) is 29.3 Å². The van der Waals surface area contributed by atoms with Gasteiger partial charge in [-0.2, -0.15) is 4.31 Å². The molecule has 0 aromatic carbocycles. The maximum Gasteiger partial charge on any atom is 0.252 e. The monoisotopic (exact) mass is 322 g/mol. The van der Waals surface area contributed by atoms with Gasteiger partial charge in [-0.3, -0.25) is 0 Å². The molecule has 7 heteroatoms. The van der Waals surface area contributed by atoms with Gasteiger partial charge in [0.05, 0.1) is 0 Å². The van der Waals surface area contributed by atoms with E-state index >= 15 is 0 Å². The molecule has 0 amide bonds. The Labute approximate surface area is 124 Å². The Kier molecular flexibility index (Phi) is 4.57. The fourth-order valence-electron chi connectivity index (χ4n) is 2.91. The van der Waals surface area contributed by atoms with Gasteiger partial charge in [0.2, 0.25) is 0 Å². The Morgan fingerprint density at radius 2 is 2.16 bits per heavy atom. The fourth-order valence-corrected chi connectivity index (χ4v) is 5.86. The summed E-state index contributed by atoms with van der Waals surface area (Å²) in [5.74, 6) is 0.495. The lowest BCUT2D eigenvalue weighted by atomic mass is 9.95. The first kappa shape index (κ1) is 15.3. The lowest BCUT2D eigenvalue weighted by Crippen LogP contribution is -2.46. The maximum absolute atomic E-state index is 12.5. The molecule has 2 atom stereocenters. The number of rotatable bonds is 2. The topological polar surface area (TPSA) is 49.4 Å². The van der Waals surface area contributed by atoms with Crippen molar-refractivity contribution < 1.29 is 8.42 Å². The molecule has 1 aromatic heterocycles. The summed E-state index contributed by atoms with van der Waals surface area (Å²) >= 11 is 1.37. The molecule has 0 saturated carbocycles. The quantitative estimate of drug-likeness (QED) is 0.904. The highest BCUT2D eigenvalue weighted by atomic mass is 35.5. The number of hydrogen-bond donors (Lipinski definition) is 1. The molecule has 2 aliphatic rings. The van der Waals surface area contributed by atoms with Crippen molar-refractivity contribution in [3.63, 3.8) is 0 Å². The van der Waals surface area contributed by atoms with Crippen LogP contribution in [0.2, 0.25) is 0 Å². The number of fused-ring (bicyclic) bond motifs is 1. The minimum Gasteiger partial charge on any atom is -0.314 e. The van der Waals surface area contributed by atoms with Crippen LogP contribution in [0.4, 0.5) is 0 Å². The molecule has 108 valence electrons. The smallest absolute Gasteiger partial charge is 0.252 e. The third kappa shape index (κ3) is 2.83. The predicted octanol–water partition coefficient (Wildman–Crippen LogP) is 1.85. The zero-order chi connectivity index (χ0) is 12.8. The lowest BCUT2D eigenvalue weighted by Gasteiger charge is -2.33. The number of nitrogens with zero attached hydrogens (tertiary/aromatic N) is 1. The van der Waals surface area contributed by atoms with Crippen LogP contribution in [0, 0.1) is 12.8 Å². The standard InChI is InChI=1S/C12H18N2O2S2.ClH/c1-9-2-3-12(17-9)18(15,16)14-7-5-11-10(8-14)4-6-13-11;/h2-3,10-11,13H,4-8H2,1H3;1H. The molecule has 0 aliphatic carbocycles. The Morgan fingerprint density at radius 3 is 2.84 bits per heavy atom. The van der Waals surface area contributed by atoms with Crippen LogP contribution in [-0.4, -0.2) is 38.4 Å². The van der Waals surface area contributed by atoms with E-state index in [1.54, 1.807) is 10.4 Å². The second-order valence-electron chi connectivity index (χ2n) is 5.13. The Balaban J connectivity index is 0.00000133. The minimum absolute atomic E-state index is 0. The van der Waals surface area contributed by atoms with Gasteiger partial charge >= 0.3 is 0 Å². The van der Waals surface area contributed by atoms with E-state index < -0.39 is 10.0 Å². The molecule has 0 spiro atoms. The van der Waals surface area contributed by atoms with Gasteiger partial charge in [-0.1, -0.05) is 0 Å². The molecular formula is C12H19ClN2O2S2. The van der Waals surface area contributed by atoms with E-state index in [0.717, 1.165) is 24.3 Å². The van der Waals surface area contributed by atoms with Crippen LogP contribution in [0.15, 0.2) is 16.3 Å². The van der Waals surface area contributed by atoms with Crippen molar-refractivity contribution in [1.82, 2.24) is 9.62 Å². The van der Waals surface area contributed by atoms with Crippen LogP contribution in [0.5, 0.6) is 0 Å². The predicted molar refractivity (Wildman–Crippen MR) is 79.6 cm³/mol. The second kappa shape index (κ2) is 5.69. The number of aryl methyl sites for hydroxylation is 1. The van der Waals surface area contributed by atoms with Crippen LogP contribution in [-0.2, 0) is 10.0 Å². The molecule has 4 nitrogen and oxygen atoms in total. The summed E-state index contributed by atoms with van der Waals surface area (Å²) in [5, 5.41) is 3.46. The Hall–Kier alpha value is -0.140. The average Bonchev–Trinajstić information content (AvgIpc) is 2.96. The van der Waals surface area contributed by atoms with E-state index in [9.17, 15) is 8.42 Å². The molecule has 1 N–H and O–H groups in total. The zero-order valence-electron chi connectivity index (χ0n) is 10.8. The first-order chi connectivity index (χ1) is 8.57. The third-order valence-electron chi connectivity index (χ3n) is 3.93. The largest absolute Gasteiger partial charge is 0.314 e. The Bertz CT molecular complexity index is 544. The van der Waals surface area contributed by atoms with Crippen LogP contribution in [0.1, 0.15) is 17.7 Å². The van der Waals surface area contributed by atoms with Crippen molar-refractivity contribution in [3.8, 4) is 0 Å². The summed E-state index contributed by atoms with van der Waals surface area (Å²) in [6, 6.07) is 4.14. The summed E-state index contributed by atoms with van der Waals surface area (Å²) < 4.78 is 27.2. The summed E-state index contributed by atoms with van der Waals surface area (Å²) in [6.07, 6.45) is 2.04. The number of sulfonamides is 1. The highest BCUT2D eigenvalue weighted by Gasteiger charge is 2.37. The minimum atomic E-state index is -3.26. The fraction of sp³-hybridized carbons (Fsp3) is 0.667. The van der Waals surface area contributed by atoms with E-state index in [4.69, 9.17) is 0 Å². The zero-order valence-corrected chi connectivity index (χ0v) is 13.3. The van der Waals surface area contributed by atoms with Gasteiger partial charge in [-0.15, -0.1) is 23.7 Å². The molecule has 2 fully saturated rings. The molecule has 3 heterocycles. The SMILES string of the molecule is Cc1ccc(S(=O)(=O)N2CCC3NCCC3C2)s1.Cl. The molecule has 2 unspecified atom stereocenters. The van der Waals surface area contributed by atoms with Crippen LogP contribution in [0.3, 0.4) is 0 Å². The van der Waals surface area contributed by atoms with Gasteiger partial charge in [-0.25, -0.2) is 8.42 Å². The molecule has 19 heavy (non-hydrogen) atoms. The molecule has 0 bridgehead atoms. The van der Waals surface area contributed by atoms with Crippen molar-refractivity contribution >= 4 is 33.8 Å². The Morgan fingerprint density at radius 1 is 1.37 bits per heavy atom. The molecule has 2 saturated heterocycles. The van der Waals surface area contributed by atoms with Gasteiger partial charge in [0, 0.05) is 24.0 Å². The highest BCUT2D eigenvalue weighted by Crippen LogP contribution is 2.30. The van der Waals surface area contributed by atoms with E-state index in [-0.39, 0.29) is 12.4 Å². The van der Waals surface area contributed by atoms with Crippen molar-refractivity contribution in [2.45, 2.75) is 30.0 Å². The number of halogens is 1. The summed E-state index contributed by atoms with van der Waals surface area (Å²) in [4.78, 5) is 1.05. The molecule has 3 rings (SSSR count). The first-order valence-electron chi connectivity index (χ1n) is 6.37. The normalized spacial score (nSPS) is 27.8. The van der Waals surface area contributed by atoms with Crippen LogP contribution < -0.4 is 5.32 Å². The van der Waals surface area contributed by atoms with Gasteiger partial charge in [0.25, 0.3) is 10.0 Å². The lowest BCUT2D eigenvalue weighted by molar-refractivity contribution is 0.247. The highest BCUT2D eigenvalue weighted by molar-refractivity contribution is 7.91. The van der Waals surface area contributed by atoms with E-state index in [1.165, 1.54) is 11.3 Å². The van der Waals surface area contributed by atoms with Gasteiger partial charge in [0.1, 0.15) is 4.21 Å².